The first-order chi connectivity index (χ1) is 24.7. The van der Waals surface area contributed by atoms with Crippen molar-refractivity contribution in [2.75, 3.05) is 4.90 Å². The zero-order chi connectivity index (χ0) is 33.3. The summed E-state index contributed by atoms with van der Waals surface area (Å²) in [5, 5.41) is 3.60. The molecule has 0 aliphatic heterocycles. The number of rotatable bonds is 7. The number of hydrogen-bond donors (Lipinski definition) is 0. The first kappa shape index (κ1) is 29.5. The molecule has 0 aliphatic rings. The predicted octanol–water partition coefficient (Wildman–Crippen LogP) is 13.7. The summed E-state index contributed by atoms with van der Waals surface area (Å²) in [6, 6.07) is 71.2. The lowest BCUT2D eigenvalue weighted by Gasteiger charge is -2.26. The van der Waals surface area contributed by atoms with Gasteiger partial charge in [-0.2, -0.15) is 0 Å². The van der Waals surface area contributed by atoms with Crippen molar-refractivity contribution < 1.29 is 4.42 Å². The minimum Gasteiger partial charge on any atom is -0.456 e. The van der Waals surface area contributed by atoms with E-state index in [1.807, 2.05) is 18.2 Å². The topological polar surface area (TPSA) is 16.4 Å². The largest absolute Gasteiger partial charge is 0.456 e. The Kier molecular flexibility index (Phi) is 7.53. The summed E-state index contributed by atoms with van der Waals surface area (Å²) in [4.78, 5) is 2.34. The number of para-hydroxylation sites is 1. The Morgan fingerprint density at radius 3 is 1.54 bits per heavy atom. The third-order valence-electron chi connectivity index (χ3n) is 9.45. The third-order valence-corrected chi connectivity index (χ3v) is 9.45. The average Bonchev–Trinajstić information content (AvgIpc) is 3.64. The van der Waals surface area contributed by atoms with Crippen LogP contribution in [0, 0.1) is 0 Å². The van der Waals surface area contributed by atoms with Crippen LogP contribution in [0.3, 0.4) is 0 Å². The van der Waals surface area contributed by atoms with Gasteiger partial charge in [0.15, 0.2) is 0 Å². The predicted molar refractivity (Wildman–Crippen MR) is 210 cm³/mol. The summed E-state index contributed by atoms with van der Waals surface area (Å²) >= 11 is 0. The molecule has 1 heterocycles. The Morgan fingerprint density at radius 2 is 0.800 bits per heavy atom. The van der Waals surface area contributed by atoms with Gasteiger partial charge in [-0.1, -0.05) is 140 Å². The van der Waals surface area contributed by atoms with Gasteiger partial charge in [0.1, 0.15) is 11.3 Å². The summed E-state index contributed by atoms with van der Waals surface area (Å²) in [5.41, 5.74) is 12.3. The highest BCUT2D eigenvalue weighted by Gasteiger charge is 2.15. The quantitative estimate of drug-likeness (QED) is 0.173. The Bertz CT molecular complexity index is 2550. The van der Waals surface area contributed by atoms with Crippen molar-refractivity contribution in [2.24, 2.45) is 0 Å². The van der Waals surface area contributed by atoms with E-state index < -0.39 is 0 Å². The van der Waals surface area contributed by atoms with E-state index in [1.54, 1.807) is 0 Å². The van der Waals surface area contributed by atoms with Crippen molar-refractivity contribution in [1.29, 1.82) is 0 Å². The molecule has 9 aromatic rings. The summed E-state index contributed by atoms with van der Waals surface area (Å²) in [5.74, 6) is 0.876. The molecule has 1 aromatic heterocycles. The fourth-order valence-electron chi connectivity index (χ4n) is 6.85. The summed E-state index contributed by atoms with van der Waals surface area (Å²) < 4.78 is 6.19. The van der Waals surface area contributed by atoms with Crippen molar-refractivity contribution in [3.8, 4) is 44.7 Å². The van der Waals surface area contributed by atoms with Gasteiger partial charge in [0.25, 0.3) is 0 Å². The monoisotopic (exact) mass is 639 g/mol. The van der Waals surface area contributed by atoms with Crippen molar-refractivity contribution in [1.82, 2.24) is 0 Å². The Balaban J connectivity index is 1.09. The molecule has 0 saturated heterocycles. The lowest BCUT2D eigenvalue weighted by Crippen LogP contribution is -2.10. The van der Waals surface area contributed by atoms with Crippen LogP contribution in [-0.2, 0) is 0 Å². The van der Waals surface area contributed by atoms with Gasteiger partial charge in [-0.15, -0.1) is 0 Å². The number of hydrogen-bond acceptors (Lipinski definition) is 2. The molecule has 0 spiro atoms. The van der Waals surface area contributed by atoms with Gasteiger partial charge in [0.2, 0.25) is 0 Å². The summed E-state index contributed by atoms with van der Waals surface area (Å²) in [6.45, 7) is 0. The second-order valence-electron chi connectivity index (χ2n) is 12.6. The molecular weight excluding hydrogens is 607 g/mol. The van der Waals surface area contributed by atoms with E-state index in [0.29, 0.717) is 0 Å². The van der Waals surface area contributed by atoms with E-state index in [0.717, 1.165) is 50.5 Å². The van der Waals surface area contributed by atoms with E-state index in [2.05, 4.69) is 187 Å². The minimum atomic E-state index is 0.876. The smallest absolute Gasteiger partial charge is 0.135 e. The van der Waals surface area contributed by atoms with Crippen LogP contribution in [0.2, 0.25) is 0 Å². The van der Waals surface area contributed by atoms with E-state index in [1.165, 1.54) is 33.0 Å². The molecule has 2 nitrogen and oxygen atoms in total. The molecule has 0 atom stereocenters. The van der Waals surface area contributed by atoms with Gasteiger partial charge in [0.05, 0.1) is 0 Å². The van der Waals surface area contributed by atoms with Gasteiger partial charge in [-0.25, -0.2) is 0 Å². The molecule has 0 radical (unpaired) electrons. The maximum Gasteiger partial charge on any atom is 0.135 e. The molecule has 50 heavy (non-hydrogen) atoms. The average molecular weight is 640 g/mol. The van der Waals surface area contributed by atoms with Crippen LogP contribution in [0.5, 0.6) is 0 Å². The second kappa shape index (κ2) is 12.8. The van der Waals surface area contributed by atoms with Gasteiger partial charge in [-0.3, -0.25) is 0 Å². The zero-order valence-corrected chi connectivity index (χ0v) is 27.4. The molecule has 8 aromatic carbocycles. The minimum absolute atomic E-state index is 0.876. The Hall–Kier alpha value is -6.64. The normalized spacial score (nSPS) is 11.2. The van der Waals surface area contributed by atoms with E-state index in [9.17, 15) is 0 Å². The van der Waals surface area contributed by atoms with Crippen LogP contribution in [0.15, 0.2) is 205 Å². The second-order valence-corrected chi connectivity index (χ2v) is 12.6. The van der Waals surface area contributed by atoms with Crippen molar-refractivity contribution in [3.63, 3.8) is 0 Å². The number of fused-ring (bicyclic) bond motifs is 2. The van der Waals surface area contributed by atoms with Crippen LogP contribution in [-0.4, -0.2) is 0 Å². The molecule has 2 heteroatoms. The SMILES string of the molecule is c1ccc(-c2ccc(N(c3ccc(-c4cccc(-c5cc6ccccc6o5)c4)cc3)c3cccc(-c4ccc5ccccc5c4)c3)cc2)cc1. The summed E-state index contributed by atoms with van der Waals surface area (Å²) in [7, 11) is 0. The Labute approximate surface area is 292 Å². The maximum absolute atomic E-state index is 6.19. The molecule has 9 rings (SSSR count). The molecule has 0 bridgehead atoms. The van der Waals surface area contributed by atoms with Crippen LogP contribution >= 0.6 is 0 Å². The first-order valence-corrected chi connectivity index (χ1v) is 17.0. The third kappa shape index (κ3) is 5.74. The fourth-order valence-corrected chi connectivity index (χ4v) is 6.85. The molecule has 236 valence electrons. The maximum atomic E-state index is 6.19. The van der Waals surface area contributed by atoms with Crippen molar-refractivity contribution in [2.45, 2.75) is 0 Å². The number of nitrogens with zero attached hydrogens (tertiary/aromatic N) is 1. The Morgan fingerprint density at radius 1 is 0.280 bits per heavy atom. The lowest BCUT2D eigenvalue weighted by molar-refractivity contribution is 0.631. The zero-order valence-electron chi connectivity index (χ0n) is 27.4. The summed E-state index contributed by atoms with van der Waals surface area (Å²) in [6.07, 6.45) is 0. The molecule has 0 fully saturated rings. The van der Waals surface area contributed by atoms with Crippen LogP contribution < -0.4 is 4.90 Å². The molecular formula is C48H33NO. The molecule has 0 N–H and O–H groups in total. The van der Waals surface area contributed by atoms with Crippen molar-refractivity contribution in [3.05, 3.63) is 200 Å². The molecule has 0 aliphatic carbocycles. The van der Waals surface area contributed by atoms with Crippen LogP contribution in [0.4, 0.5) is 17.1 Å². The van der Waals surface area contributed by atoms with E-state index in [4.69, 9.17) is 4.42 Å². The van der Waals surface area contributed by atoms with Crippen LogP contribution in [0.25, 0.3) is 66.4 Å². The number of benzene rings is 8. The fraction of sp³-hybridized carbons (Fsp3) is 0. The highest BCUT2D eigenvalue weighted by atomic mass is 16.3. The molecule has 0 amide bonds. The van der Waals surface area contributed by atoms with Gasteiger partial charge in [-0.05, 0) is 105 Å². The van der Waals surface area contributed by atoms with Gasteiger partial charge >= 0.3 is 0 Å². The number of furan rings is 1. The number of anilines is 3. The standard InChI is InChI=1S/C48H33NO/c1-2-10-34(11-3-1)36-22-26-44(27-23-36)49(46-18-9-16-40(32-46)41-21-20-35-12-4-5-13-38(35)30-41)45-28-24-37(25-29-45)39-15-8-17-42(31-39)48-33-43-14-6-7-19-47(43)50-48/h1-33H. The van der Waals surface area contributed by atoms with E-state index >= 15 is 0 Å². The van der Waals surface area contributed by atoms with Gasteiger partial charge in [0, 0.05) is 28.0 Å². The molecule has 0 unspecified atom stereocenters. The van der Waals surface area contributed by atoms with Crippen molar-refractivity contribution >= 4 is 38.8 Å². The molecule has 0 saturated carbocycles. The highest BCUT2D eigenvalue weighted by Crippen LogP contribution is 2.39. The van der Waals surface area contributed by atoms with Gasteiger partial charge < -0.3 is 9.32 Å². The first-order valence-electron chi connectivity index (χ1n) is 17.0. The lowest BCUT2D eigenvalue weighted by atomic mass is 9.99. The van der Waals surface area contributed by atoms with Crippen LogP contribution in [0.1, 0.15) is 0 Å². The van der Waals surface area contributed by atoms with E-state index in [-0.39, 0.29) is 0 Å². The highest BCUT2D eigenvalue weighted by molar-refractivity contribution is 5.89.